The van der Waals surface area contributed by atoms with Gasteiger partial charge in [-0.15, -0.1) is 0 Å². The number of hydrogen-bond acceptors (Lipinski definition) is 6. The molecule has 1 unspecified atom stereocenters. The number of fused-ring (bicyclic) bond motifs is 3. The van der Waals surface area contributed by atoms with Crippen molar-refractivity contribution in [3.8, 4) is 0 Å². The molecule has 7 heteroatoms. The first-order valence-corrected chi connectivity index (χ1v) is 10.6. The lowest BCUT2D eigenvalue weighted by Crippen LogP contribution is -2.55. The van der Waals surface area contributed by atoms with Gasteiger partial charge in [-0.05, 0) is 31.9 Å². The number of para-hydroxylation sites is 1. The molecule has 1 atom stereocenters. The van der Waals surface area contributed by atoms with Gasteiger partial charge in [-0.25, -0.2) is 9.97 Å². The van der Waals surface area contributed by atoms with Crippen LogP contribution < -0.4 is 10.2 Å². The molecule has 2 aliphatic rings. The van der Waals surface area contributed by atoms with E-state index in [9.17, 15) is 4.79 Å². The van der Waals surface area contributed by atoms with Crippen LogP contribution >= 0.6 is 0 Å². The molecule has 1 aromatic carbocycles. The quantitative estimate of drug-likeness (QED) is 0.735. The maximum atomic E-state index is 12.6. The average molecular weight is 393 g/mol. The van der Waals surface area contributed by atoms with Crippen molar-refractivity contribution < 1.29 is 9.21 Å². The molecule has 5 rings (SSSR count). The number of benzene rings is 1. The summed E-state index contributed by atoms with van der Waals surface area (Å²) < 4.78 is 6.08. The van der Waals surface area contributed by atoms with E-state index in [-0.39, 0.29) is 11.9 Å². The zero-order chi connectivity index (χ0) is 19.8. The summed E-state index contributed by atoms with van der Waals surface area (Å²) >= 11 is 0. The van der Waals surface area contributed by atoms with E-state index in [2.05, 4.69) is 25.1 Å². The Morgan fingerprint density at radius 2 is 1.90 bits per heavy atom. The second-order valence-electron chi connectivity index (χ2n) is 8.16. The summed E-state index contributed by atoms with van der Waals surface area (Å²) in [5, 5.41) is 4.24. The molecular formula is C22H27N5O2. The number of furan rings is 1. The molecule has 7 nitrogen and oxygen atoms in total. The number of nitrogens with one attached hydrogen (secondary N) is 1. The Kier molecular flexibility index (Phi) is 4.83. The van der Waals surface area contributed by atoms with Gasteiger partial charge in [0, 0.05) is 37.6 Å². The van der Waals surface area contributed by atoms with Crippen molar-refractivity contribution in [3.05, 3.63) is 30.6 Å². The normalized spacial score (nSPS) is 19.8. The predicted molar refractivity (Wildman–Crippen MR) is 113 cm³/mol. The van der Waals surface area contributed by atoms with E-state index in [1.165, 1.54) is 12.8 Å². The fourth-order valence-electron chi connectivity index (χ4n) is 4.62. The van der Waals surface area contributed by atoms with E-state index in [4.69, 9.17) is 4.42 Å². The van der Waals surface area contributed by atoms with Crippen LogP contribution in [0.25, 0.3) is 22.1 Å². The Labute approximate surface area is 170 Å². The van der Waals surface area contributed by atoms with Gasteiger partial charge in [-0.1, -0.05) is 25.0 Å². The highest BCUT2D eigenvalue weighted by atomic mass is 16.3. The van der Waals surface area contributed by atoms with Gasteiger partial charge in [0.05, 0.1) is 6.04 Å². The highest BCUT2D eigenvalue weighted by molar-refractivity contribution is 6.05. The lowest BCUT2D eigenvalue weighted by atomic mass is 10.2. The molecule has 2 aromatic heterocycles. The minimum absolute atomic E-state index is 0.102. The van der Waals surface area contributed by atoms with E-state index in [0.29, 0.717) is 6.04 Å². The number of nitrogens with zero attached hydrogens (tertiary/aromatic N) is 4. The topological polar surface area (TPSA) is 74.5 Å². The molecule has 29 heavy (non-hydrogen) atoms. The second-order valence-corrected chi connectivity index (χ2v) is 8.16. The third kappa shape index (κ3) is 3.44. The third-order valence-corrected chi connectivity index (χ3v) is 6.38. The summed E-state index contributed by atoms with van der Waals surface area (Å²) in [6.45, 7) is 5.28. The minimum atomic E-state index is -0.102. The van der Waals surface area contributed by atoms with E-state index in [1.807, 2.05) is 31.2 Å². The number of hydrogen-bond donors (Lipinski definition) is 1. The summed E-state index contributed by atoms with van der Waals surface area (Å²) in [5.74, 6) is 1.00. The predicted octanol–water partition coefficient (Wildman–Crippen LogP) is 2.95. The molecule has 0 spiro atoms. The van der Waals surface area contributed by atoms with Crippen LogP contribution in [0.15, 0.2) is 35.0 Å². The number of aromatic nitrogens is 2. The molecule has 3 aromatic rings. The number of amides is 1. The Balaban J connectivity index is 1.28. The Hall–Kier alpha value is -2.67. The highest BCUT2D eigenvalue weighted by Gasteiger charge is 2.29. The SMILES string of the molecule is CC(C(=O)NC1CCCC1)N1CCN(c2ncnc3c2oc2ccccc23)CC1. The van der Waals surface area contributed by atoms with Crippen molar-refractivity contribution >= 4 is 33.8 Å². The second kappa shape index (κ2) is 7.63. The van der Waals surface area contributed by atoms with Crippen LogP contribution in [0.2, 0.25) is 0 Å². The van der Waals surface area contributed by atoms with Crippen LogP contribution in [0.3, 0.4) is 0 Å². The lowest BCUT2D eigenvalue weighted by molar-refractivity contribution is -0.126. The standard InChI is InChI=1S/C22H27N5O2/c1-15(22(28)25-16-6-2-3-7-16)26-10-12-27(13-11-26)21-20-19(23-14-24-21)17-8-4-5-9-18(17)29-20/h4-5,8-9,14-16H,2-3,6-7,10-13H2,1H3,(H,25,28). The first-order chi connectivity index (χ1) is 14.2. The maximum Gasteiger partial charge on any atom is 0.237 e. The van der Waals surface area contributed by atoms with Gasteiger partial charge >= 0.3 is 0 Å². The molecule has 1 aliphatic heterocycles. The van der Waals surface area contributed by atoms with Gasteiger partial charge < -0.3 is 14.6 Å². The molecule has 3 heterocycles. The van der Waals surface area contributed by atoms with E-state index in [1.54, 1.807) is 6.33 Å². The van der Waals surface area contributed by atoms with Gasteiger partial charge in [0.25, 0.3) is 0 Å². The van der Waals surface area contributed by atoms with Crippen molar-refractivity contribution in [3.63, 3.8) is 0 Å². The van der Waals surface area contributed by atoms with Crippen molar-refractivity contribution in [1.29, 1.82) is 0 Å². The van der Waals surface area contributed by atoms with Gasteiger partial charge in [0.1, 0.15) is 17.4 Å². The summed E-state index contributed by atoms with van der Waals surface area (Å²) in [4.78, 5) is 26.1. The van der Waals surface area contributed by atoms with Crippen molar-refractivity contribution in [2.75, 3.05) is 31.1 Å². The first-order valence-electron chi connectivity index (χ1n) is 10.6. The van der Waals surface area contributed by atoms with Crippen LogP contribution in [-0.4, -0.2) is 59.0 Å². The van der Waals surface area contributed by atoms with Gasteiger partial charge in [0.2, 0.25) is 5.91 Å². The van der Waals surface area contributed by atoms with Gasteiger partial charge in [-0.3, -0.25) is 9.69 Å². The van der Waals surface area contributed by atoms with Gasteiger partial charge in [0.15, 0.2) is 11.4 Å². The summed E-state index contributed by atoms with van der Waals surface area (Å²) in [5.41, 5.74) is 2.44. The van der Waals surface area contributed by atoms with E-state index >= 15 is 0 Å². The minimum Gasteiger partial charge on any atom is -0.450 e. The Morgan fingerprint density at radius 3 is 2.69 bits per heavy atom. The third-order valence-electron chi connectivity index (χ3n) is 6.38. The monoisotopic (exact) mass is 393 g/mol. The molecular weight excluding hydrogens is 366 g/mol. The average Bonchev–Trinajstić information content (AvgIpc) is 3.40. The van der Waals surface area contributed by atoms with Crippen LogP contribution in [0, 0.1) is 0 Å². The molecule has 1 saturated carbocycles. The molecule has 0 bridgehead atoms. The number of rotatable bonds is 4. The zero-order valence-corrected chi connectivity index (χ0v) is 16.8. The summed E-state index contributed by atoms with van der Waals surface area (Å²) in [7, 11) is 0. The first kappa shape index (κ1) is 18.4. The van der Waals surface area contributed by atoms with Crippen LogP contribution in [0.4, 0.5) is 5.82 Å². The van der Waals surface area contributed by atoms with Crippen molar-refractivity contribution in [2.45, 2.75) is 44.7 Å². The van der Waals surface area contributed by atoms with Gasteiger partial charge in [-0.2, -0.15) is 0 Å². The fraction of sp³-hybridized carbons (Fsp3) is 0.500. The molecule has 1 aliphatic carbocycles. The van der Waals surface area contributed by atoms with Crippen molar-refractivity contribution in [2.24, 2.45) is 0 Å². The maximum absolute atomic E-state index is 12.6. The van der Waals surface area contributed by atoms with Crippen LogP contribution in [-0.2, 0) is 4.79 Å². The number of piperazine rings is 1. The smallest absolute Gasteiger partial charge is 0.237 e. The highest BCUT2D eigenvalue weighted by Crippen LogP contribution is 2.32. The number of carbonyl (C=O) groups is 1. The molecule has 2 fully saturated rings. The molecule has 1 saturated heterocycles. The summed E-state index contributed by atoms with van der Waals surface area (Å²) in [6, 6.07) is 8.22. The number of anilines is 1. The van der Waals surface area contributed by atoms with Crippen LogP contribution in [0.5, 0.6) is 0 Å². The number of carbonyl (C=O) groups excluding carboxylic acids is 1. The zero-order valence-electron chi connectivity index (χ0n) is 16.8. The Morgan fingerprint density at radius 1 is 1.14 bits per heavy atom. The molecule has 0 radical (unpaired) electrons. The largest absolute Gasteiger partial charge is 0.450 e. The Bertz CT molecular complexity index is 1020. The molecule has 1 N–H and O–H groups in total. The van der Waals surface area contributed by atoms with E-state index in [0.717, 1.165) is 66.9 Å². The van der Waals surface area contributed by atoms with E-state index < -0.39 is 0 Å². The fourth-order valence-corrected chi connectivity index (χ4v) is 4.62. The molecule has 1 amide bonds. The summed E-state index contributed by atoms with van der Waals surface area (Å²) in [6.07, 6.45) is 6.31. The van der Waals surface area contributed by atoms with Crippen molar-refractivity contribution in [1.82, 2.24) is 20.2 Å². The molecule has 152 valence electrons. The lowest BCUT2D eigenvalue weighted by Gasteiger charge is -2.38. The van der Waals surface area contributed by atoms with Crippen LogP contribution in [0.1, 0.15) is 32.6 Å².